The molecule has 0 radical (unpaired) electrons. The molecule has 2 aromatic carbocycles. The summed E-state index contributed by atoms with van der Waals surface area (Å²) in [6, 6.07) is 13.8. The van der Waals surface area contributed by atoms with Gasteiger partial charge in [-0.25, -0.2) is 8.42 Å². The molecule has 5 nitrogen and oxygen atoms in total. The van der Waals surface area contributed by atoms with Gasteiger partial charge in [-0.1, -0.05) is 48.7 Å². The van der Waals surface area contributed by atoms with Crippen LogP contribution in [0.2, 0.25) is 0 Å². The summed E-state index contributed by atoms with van der Waals surface area (Å²) in [5, 5.41) is 2.88. The summed E-state index contributed by atoms with van der Waals surface area (Å²) < 4.78 is 27.6. The van der Waals surface area contributed by atoms with Crippen molar-refractivity contribution in [3.05, 3.63) is 59.7 Å². The number of benzene rings is 2. The van der Waals surface area contributed by atoms with Gasteiger partial charge in [0, 0.05) is 6.04 Å². The summed E-state index contributed by atoms with van der Waals surface area (Å²) in [7, 11) is -3.85. The largest absolute Gasteiger partial charge is 0.352 e. The summed E-state index contributed by atoms with van der Waals surface area (Å²) in [5.41, 5.74) is 2.47. The Morgan fingerprint density at radius 3 is 2.04 bits per heavy atom. The smallest absolute Gasteiger partial charge is 0.264 e. The Morgan fingerprint density at radius 1 is 1.00 bits per heavy atom. The molecule has 0 aliphatic heterocycles. The first-order chi connectivity index (χ1) is 12.7. The molecule has 1 atom stereocenters. The van der Waals surface area contributed by atoms with Crippen molar-refractivity contribution in [2.24, 2.45) is 0 Å². The van der Waals surface area contributed by atoms with Gasteiger partial charge in [0.15, 0.2) is 0 Å². The van der Waals surface area contributed by atoms with E-state index in [1.807, 2.05) is 39.8 Å². The van der Waals surface area contributed by atoms with E-state index in [2.05, 4.69) is 5.32 Å². The molecule has 0 heterocycles. The lowest BCUT2D eigenvalue weighted by Gasteiger charge is -2.25. The molecule has 0 fully saturated rings. The van der Waals surface area contributed by atoms with Crippen LogP contribution >= 0.6 is 0 Å². The monoisotopic (exact) mass is 388 g/mol. The van der Waals surface area contributed by atoms with Crippen molar-refractivity contribution in [3.8, 4) is 0 Å². The third-order valence-corrected chi connectivity index (χ3v) is 6.14. The number of nitrogens with one attached hydrogen (secondary N) is 1. The lowest BCUT2D eigenvalue weighted by Crippen LogP contribution is -2.43. The molecule has 27 heavy (non-hydrogen) atoms. The van der Waals surface area contributed by atoms with Gasteiger partial charge in [-0.15, -0.1) is 0 Å². The third-order valence-electron chi connectivity index (χ3n) is 4.35. The van der Waals surface area contributed by atoms with Gasteiger partial charge in [-0.05, 0) is 51.5 Å². The normalized spacial score (nSPS) is 12.4. The molecule has 0 saturated heterocycles. The molecule has 6 heteroatoms. The van der Waals surface area contributed by atoms with E-state index in [0.717, 1.165) is 24.0 Å². The number of hydrogen-bond acceptors (Lipinski definition) is 3. The first-order valence-electron chi connectivity index (χ1n) is 9.19. The van der Waals surface area contributed by atoms with E-state index in [-0.39, 0.29) is 23.4 Å². The van der Waals surface area contributed by atoms with E-state index < -0.39 is 10.0 Å². The van der Waals surface area contributed by atoms with Crippen molar-refractivity contribution in [2.75, 3.05) is 10.8 Å². The van der Waals surface area contributed by atoms with Gasteiger partial charge in [0.05, 0.1) is 10.6 Å². The predicted octanol–water partition coefficient (Wildman–Crippen LogP) is 3.80. The van der Waals surface area contributed by atoms with E-state index in [4.69, 9.17) is 0 Å². The number of anilines is 1. The second-order valence-electron chi connectivity index (χ2n) is 6.92. The average Bonchev–Trinajstić information content (AvgIpc) is 2.61. The highest BCUT2D eigenvalue weighted by molar-refractivity contribution is 7.92. The number of rotatable bonds is 8. The number of nitrogens with zero attached hydrogens (tertiary/aromatic N) is 1. The SMILES string of the molecule is CCCC(C)NC(=O)CN(c1ccc(C)cc1)S(=O)(=O)c1ccc(C)cc1. The maximum atomic E-state index is 13.2. The molecule has 0 aliphatic rings. The molecule has 1 N–H and O–H groups in total. The molecule has 2 aromatic rings. The molecular formula is C21H28N2O3S. The Balaban J connectivity index is 2.36. The maximum absolute atomic E-state index is 13.2. The van der Waals surface area contributed by atoms with Crippen molar-refractivity contribution in [1.29, 1.82) is 0 Å². The fourth-order valence-corrected chi connectivity index (χ4v) is 4.24. The Morgan fingerprint density at radius 2 is 1.52 bits per heavy atom. The Bertz CT molecular complexity index is 859. The summed E-state index contributed by atoms with van der Waals surface area (Å²) in [6.07, 6.45) is 1.80. The standard InChI is InChI=1S/C21H28N2O3S/c1-5-6-18(4)22-21(24)15-23(19-11-7-16(2)8-12-19)27(25,26)20-13-9-17(3)10-14-20/h7-14,18H,5-6,15H2,1-4H3,(H,22,24). The summed E-state index contributed by atoms with van der Waals surface area (Å²) in [4.78, 5) is 12.7. The second-order valence-corrected chi connectivity index (χ2v) is 8.78. The number of carbonyl (C=O) groups excluding carboxylic acids is 1. The predicted molar refractivity (Wildman–Crippen MR) is 109 cm³/mol. The fraction of sp³-hybridized carbons (Fsp3) is 0.381. The molecule has 0 aliphatic carbocycles. The number of amides is 1. The molecule has 1 unspecified atom stereocenters. The molecule has 1 amide bonds. The Hall–Kier alpha value is -2.34. The lowest BCUT2D eigenvalue weighted by molar-refractivity contribution is -0.120. The van der Waals surface area contributed by atoms with Gasteiger partial charge < -0.3 is 5.32 Å². The summed E-state index contributed by atoms with van der Waals surface area (Å²) in [5.74, 6) is -0.313. The Kier molecular flexibility index (Phi) is 7.02. The van der Waals surface area contributed by atoms with Crippen molar-refractivity contribution in [3.63, 3.8) is 0 Å². The van der Waals surface area contributed by atoms with Crippen LogP contribution in [0.3, 0.4) is 0 Å². The highest BCUT2D eigenvalue weighted by Crippen LogP contribution is 2.24. The minimum atomic E-state index is -3.85. The van der Waals surface area contributed by atoms with Crippen LogP contribution in [-0.4, -0.2) is 26.9 Å². The zero-order valence-corrected chi connectivity index (χ0v) is 17.2. The molecular weight excluding hydrogens is 360 g/mol. The average molecular weight is 389 g/mol. The minimum Gasteiger partial charge on any atom is -0.352 e. The molecule has 0 saturated carbocycles. The van der Waals surface area contributed by atoms with E-state index in [9.17, 15) is 13.2 Å². The van der Waals surface area contributed by atoms with Crippen LogP contribution in [0.1, 0.15) is 37.8 Å². The van der Waals surface area contributed by atoms with E-state index in [1.165, 1.54) is 4.31 Å². The molecule has 0 bridgehead atoms. The highest BCUT2D eigenvalue weighted by atomic mass is 32.2. The number of carbonyl (C=O) groups is 1. The fourth-order valence-electron chi connectivity index (χ4n) is 2.82. The Labute approximate surface area is 162 Å². The molecule has 0 aromatic heterocycles. The highest BCUT2D eigenvalue weighted by Gasteiger charge is 2.27. The number of hydrogen-bond donors (Lipinski definition) is 1. The van der Waals surface area contributed by atoms with Crippen molar-refractivity contribution < 1.29 is 13.2 Å². The van der Waals surface area contributed by atoms with Gasteiger partial charge >= 0.3 is 0 Å². The quantitative estimate of drug-likeness (QED) is 0.748. The summed E-state index contributed by atoms with van der Waals surface area (Å²) >= 11 is 0. The van der Waals surface area contributed by atoms with Crippen LogP contribution in [0.5, 0.6) is 0 Å². The van der Waals surface area contributed by atoms with Gasteiger partial charge in [0.2, 0.25) is 5.91 Å². The van der Waals surface area contributed by atoms with Crippen LogP contribution in [0.4, 0.5) is 5.69 Å². The zero-order valence-electron chi connectivity index (χ0n) is 16.4. The molecule has 2 rings (SSSR count). The number of aryl methyl sites for hydroxylation is 2. The van der Waals surface area contributed by atoms with E-state index in [1.54, 1.807) is 36.4 Å². The van der Waals surface area contributed by atoms with E-state index >= 15 is 0 Å². The second kappa shape index (κ2) is 9.04. The minimum absolute atomic E-state index is 0.00412. The van der Waals surface area contributed by atoms with Crippen LogP contribution < -0.4 is 9.62 Å². The van der Waals surface area contributed by atoms with Gasteiger partial charge in [0.1, 0.15) is 6.54 Å². The zero-order chi connectivity index (χ0) is 20.0. The van der Waals surface area contributed by atoms with Gasteiger partial charge in [-0.2, -0.15) is 0 Å². The third kappa shape index (κ3) is 5.57. The number of sulfonamides is 1. The van der Waals surface area contributed by atoms with Crippen LogP contribution in [0, 0.1) is 13.8 Å². The molecule has 146 valence electrons. The first kappa shape index (κ1) is 21.0. The van der Waals surface area contributed by atoms with Gasteiger partial charge in [0.25, 0.3) is 10.0 Å². The summed E-state index contributed by atoms with van der Waals surface area (Å²) in [6.45, 7) is 7.54. The van der Waals surface area contributed by atoms with E-state index in [0.29, 0.717) is 5.69 Å². The lowest BCUT2D eigenvalue weighted by atomic mass is 10.2. The van der Waals surface area contributed by atoms with Crippen LogP contribution in [0.25, 0.3) is 0 Å². The topological polar surface area (TPSA) is 66.5 Å². The van der Waals surface area contributed by atoms with Crippen molar-refractivity contribution in [1.82, 2.24) is 5.32 Å². The van der Waals surface area contributed by atoms with Crippen molar-refractivity contribution >= 4 is 21.6 Å². The maximum Gasteiger partial charge on any atom is 0.264 e. The first-order valence-corrected chi connectivity index (χ1v) is 10.6. The van der Waals surface area contributed by atoms with Crippen LogP contribution in [0.15, 0.2) is 53.4 Å². The van der Waals surface area contributed by atoms with Crippen molar-refractivity contribution in [2.45, 2.75) is 51.5 Å². The molecule has 0 spiro atoms. The van der Waals surface area contributed by atoms with Crippen LogP contribution in [-0.2, 0) is 14.8 Å². The van der Waals surface area contributed by atoms with Gasteiger partial charge in [-0.3, -0.25) is 9.10 Å².